The molecule has 1 aliphatic heterocycles. The highest BCUT2D eigenvalue weighted by atomic mass is 32.1. The van der Waals surface area contributed by atoms with E-state index in [2.05, 4.69) is 10.3 Å². The summed E-state index contributed by atoms with van der Waals surface area (Å²) in [6, 6.07) is 15.5. The SMILES string of the molecule is CCOC(=O)CN1C(=S)NC(c2ccccn2)C1c1cccn1-c1ccc(C(=O)O)cc1. The third-order valence-corrected chi connectivity index (χ3v) is 5.63. The van der Waals surface area contributed by atoms with Gasteiger partial charge < -0.3 is 24.6 Å². The smallest absolute Gasteiger partial charge is 0.335 e. The normalized spacial score (nSPS) is 17.8. The fourth-order valence-electron chi connectivity index (χ4n) is 3.88. The summed E-state index contributed by atoms with van der Waals surface area (Å²) in [7, 11) is 0. The van der Waals surface area contributed by atoms with E-state index in [0.29, 0.717) is 5.11 Å². The summed E-state index contributed by atoms with van der Waals surface area (Å²) in [5.41, 5.74) is 2.67. The molecule has 0 radical (unpaired) electrons. The van der Waals surface area contributed by atoms with Crippen molar-refractivity contribution >= 4 is 29.3 Å². The van der Waals surface area contributed by atoms with Gasteiger partial charge in [0.2, 0.25) is 0 Å². The topological polar surface area (TPSA) is 96.7 Å². The van der Waals surface area contributed by atoms with Gasteiger partial charge in [0.05, 0.1) is 29.9 Å². The maximum atomic E-state index is 12.3. The number of aromatic nitrogens is 2. The molecular formula is C23H22N4O4S. The van der Waals surface area contributed by atoms with Gasteiger partial charge in [0.1, 0.15) is 6.54 Å². The first-order chi connectivity index (χ1) is 15.5. The molecule has 1 aromatic carbocycles. The van der Waals surface area contributed by atoms with Gasteiger partial charge in [-0.3, -0.25) is 9.78 Å². The number of nitrogens with zero attached hydrogens (tertiary/aromatic N) is 3. The third kappa shape index (κ3) is 4.19. The highest BCUT2D eigenvalue weighted by molar-refractivity contribution is 7.80. The lowest BCUT2D eigenvalue weighted by molar-refractivity contribution is -0.143. The van der Waals surface area contributed by atoms with Crippen LogP contribution in [0.2, 0.25) is 0 Å². The van der Waals surface area contributed by atoms with Gasteiger partial charge in [-0.2, -0.15) is 0 Å². The van der Waals surface area contributed by atoms with Crippen molar-refractivity contribution in [3.8, 4) is 5.69 Å². The molecule has 9 heteroatoms. The van der Waals surface area contributed by atoms with E-state index in [1.54, 1.807) is 37.4 Å². The number of carbonyl (C=O) groups is 2. The van der Waals surface area contributed by atoms with Crippen molar-refractivity contribution in [2.45, 2.75) is 19.0 Å². The first-order valence-electron chi connectivity index (χ1n) is 10.1. The van der Waals surface area contributed by atoms with Gasteiger partial charge in [0, 0.05) is 23.8 Å². The van der Waals surface area contributed by atoms with Crippen LogP contribution in [0.5, 0.6) is 0 Å². The second kappa shape index (κ2) is 9.19. The molecule has 0 spiro atoms. The van der Waals surface area contributed by atoms with Crippen molar-refractivity contribution < 1.29 is 19.4 Å². The first-order valence-corrected chi connectivity index (χ1v) is 10.5. The molecule has 2 aromatic heterocycles. The number of rotatable bonds is 7. The number of carboxylic acids is 1. The van der Waals surface area contributed by atoms with E-state index in [1.807, 2.05) is 46.0 Å². The number of nitrogens with one attached hydrogen (secondary N) is 1. The minimum atomic E-state index is -0.981. The van der Waals surface area contributed by atoms with Crippen LogP contribution in [-0.2, 0) is 9.53 Å². The highest BCUT2D eigenvalue weighted by Gasteiger charge is 2.42. The number of thiocarbonyl (C=S) groups is 1. The fraction of sp³-hybridized carbons (Fsp3) is 0.217. The molecule has 3 aromatic rings. The number of benzene rings is 1. The number of ether oxygens (including phenoxy) is 1. The molecule has 2 N–H and O–H groups in total. The van der Waals surface area contributed by atoms with Gasteiger partial charge in [0.15, 0.2) is 5.11 Å². The second-order valence-electron chi connectivity index (χ2n) is 7.21. The predicted octanol–water partition coefficient (Wildman–Crippen LogP) is 3.11. The number of hydrogen-bond donors (Lipinski definition) is 2. The van der Waals surface area contributed by atoms with Crippen molar-refractivity contribution in [1.29, 1.82) is 0 Å². The standard InChI is InChI=1S/C23H22N4O4S/c1-2-31-19(28)14-27-21(20(25-23(27)32)17-6-3-4-12-24-17)18-7-5-13-26(18)16-10-8-15(9-11-16)22(29)30/h3-13,20-21H,2,14H2,1H3,(H,25,32)(H,29,30). The lowest BCUT2D eigenvalue weighted by Gasteiger charge is -2.28. The second-order valence-corrected chi connectivity index (χ2v) is 7.60. The maximum Gasteiger partial charge on any atom is 0.335 e. The summed E-state index contributed by atoms with van der Waals surface area (Å²) < 4.78 is 7.12. The Kier molecular flexibility index (Phi) is 6.18. The zero-order valence-corrected chi connectivity index (χ0v) is 18.2. The molecule has 0 saturated carbocycles. The lowest BCUT2D eigenvalue weighted by atomic mass is 10.0. The van der Waals surface area contributed by atoms with Crippen LogP contribution in [0.4, 0.5) is 0 Å². The Morgan fingerprint density at radius 2 is 1.94 bits per heavy atom. The minimum absolute atomic E-state index is 0.00317. The molecule has 1 fully saturated rings. The van der Waals surface area contributed by atoms with Crippen LogP contribution in [-0.4, -0.2) is 49.8 Å². The van der Waals surface area contributed by atoms with Crippen LogP contribution in [0, 0.1) is 0 Å². The van der Waals surface area contributed by atoms with E-state index < -0.39 is 5.97 Å². The molecule has 2 atom stereocenters. The number of hydrogen-bond acceptors (Lipinski definition) is 5. The number of carbonyl (C=O) groups excluding carboxylic acids is 1. The molecule has 2 unspecified atom stereocenters. The van der Waals surface area contributed by atoms with E-state index in [1.165, 1.54) is 0 Å². The molecule has 0 bridgehead atoms. The monoisotopic (exact) mass is 450 g/mol. The molecule has 0 aliphatic carbocycles. The van der Waals surface area contributed by atoms with Crippen molar-refractivity contribution in [2.75, 3.05) is 13.2 Å². The molecule has 32 heavy (non-hydrogen) atoms. The summed E-state index contributed by atoms with van der Waals surface area (Å²) >= 11 is 5.58. The Balaban J connectivity index is 1.76. The third-order valence-electron chi connectivity index (χ3n) is 5.28. The zero-order valence-electron chi connectivity index (χ0n) is 17.3. The molecule has 4 rings (SSSR count). The summed E-state index contributed by atoms with van der Waals surface area (Å²) in [6.45, 7) is 2.04. The van der Waals surface area contributed by atoms with Crippen molar-refractivity contribution in [1.82, 2.24) is 19.8 Å². The Bertz CT molecular complexity index is 1130. The zero-order chi connectivity index (χ0) is 22.7. The van der Waals surface area contributed by atoms with Gasteiger partial charge in [-0.05, 0) is 67.7 Å². The van der Waals surface area contributed by atoms with E-state index >= 15 is 0 Å². The van der Waals surface area contributed by atoms with E-state index in [-0.39, 0.29) is 36.8 Å². The Morgan fingerprint density at radius 3 is 2.59 bits per heavy atom. The maximum absolute atomic E-state index is 12.3. The van der Waals surface area contributed by atoms with Gasteiger partial charge in [-0.25, -0.2) is 4.79 Å². The van der Waals surface area contributed by atoms with E-state index in [9.17, 15) is 14.7 Å². The summed E-state index contributed by atoms with van der Waals surface area (Å²) in [5, 5.41) is 12.9. The van der Waals surface area contributed by atoms with E-state index in [4.69, 9.17) is 17.0 Å². The predicted molar refractivity (Wildman–Crippen MR) is 122 cm³/mol. The van der Waals surface area contributed by atoms with Crippen molar-refractivity contribution in [2.24, 2.45) is 0 Å². The van der Waals surface area contributed by atoms with Crippen LogP contribution in [0.15, 0.2) is 67.0 Å². The van der Waals surface area contributed by atoms with Crippen molar-refractivity contribution in [3.05, 3.63) is 83.9 Å². The van der Waals surface area contributed by atoms with Crippen LogP contribution in [0.25, 0.3) is 5.69 Å². The van der Waals surface area contributed by atoms with Crippen LogP contribution in [0.3, 0.4) is 0 Å². The first kappa shape index (κ1) is 21.5. The minimum Gasteiger partial charge on any atom is -0.478 e. The quantitative estimate of drug-likeness (QED) is 0.419. The van der Waals surface area contributed by atoms with Crippen LogP contribution in [0.1, 0.15) is 40.8 Å². The average Bonchev–Trinajstić information content (AvgIpc) is 3.39. The fourth-order valence-corrected chi connectivity index (χ4v) is 4.18. The molecule has 1 aliphatic rings. The molecule has 8 nitrogen and oxygen atoms in total. The number of carboxylic acid groups (broad SMARTS) is 1. The van der Waals surface area contributed by atoms with Crippen LogP contribution < -0.4 is 5.32 Å². The largest absolute Gasteiger partial charge is 0.478 e. The Morgan fingerprint density at radius 1 is 1.16 bits per heavy atom. The van der Waals surface area contributed by atoms with Crippen LogP contribution >= 0.6 is 12.2 Å². The lowest BCUT2D eigenvalue weighted by Crippen LogP contribution is -2.36. The average molecular weight is 451 g/mol. The van der Waals surface area contributed by atoms with Gasteiger partial charge in [-0.15, -0.1) is 0 Å². The Hall–Kier alpha value is -3.72. The van der Waals surface area contributed by atoms with Gasteiger partial charge in [0.25, 0.3) is 0 Å². The van der Waals surface area contributed by atoms with Crippen molar-refractivity contribution in [3.63, 3.8) is 0 Å². The molecule has 0 amide bonds. The summed E-state index contributed by atoms with van der Waals surface area (Å²) in [4.78, 5) is 29.9. The van der Waals surface area contributed by atoms with E-state index in [0.717, 1.165) is 17.1 Å². The Labute approximate surface area is 190 Å². The molecule has 1 saturated heterocycles. The number of pyridine rings is 1. The van der Waals surface area contributed by atoms with Gasteiger partial charge >= 0.3 is 11.9 Å². The number of esters is 1. The van der Waals surface area contributed by atoms with Gasteiger partial charge in [-0.1, -0.05) is 6.07 Å². The number of aromatic carboxylic acids is 1. The molecule has 3 heterocycles. The molecule has 164 valence electrons. The highest BCUT2D eigenvalue weighted by Crippen LogP contribution is 2.39. The summed E-state index contributed by atoms with van der Waals surface area (Å²) in [5.74, 6) is -1.35. The molecular weight excluding hydrogens is 428 g/mol. The summed E-state index contributed by atoms with van der Waals surface area (Å²) in [6.07, 6.45) is 3.61.